The molecule has 1 rings (SSSR count). The predicted molar refractivity (Wildman–Crippen MR) is 48.5 cm³/mol. The van der Waals surface area contributed by atoms with Gasteiger partial charge in [-0.2, -0.15) is 0 Å². The van der Waals surface area contributed by atoms with E-state index < -0.39 is 0 Å². The maximum atomic E-state index is 5.73. The highest BCUT2D eigenvalue weighted by Gasteiger charge is 1.93. The molecule has 0 bridgehead atoms. The van der Waals surface area contributed by atoms with Crippen molar-refractivity contribution in [2.24, 2.45) is 0 Å². The van der Waals surface area contributed by atoms with E-state index in [2.05, 4.69) is 15.9 Å². The third kappa shape index (κ3) is 1.89. The van der Waals surface area contributed by atoms with Gasteiger partial charge >= 0.3 is 0 Å². The highest BCUT2D eigenvalue weighted by molar-refractivity contribution is 9.08. The molecule has 0 fully saturated rings. The van der Waals surface area contributed by atoms with Gasteiger partial charge in [0, 0.05) is 16.0 Å². The van der Waals surface area contributed by atoms with Gasteiger partial charge in [-0.15, -0.1) is 0 Å². The summed E-state index contributed by atoms with van der Waals surface area (Å²) < 4.78 is 0. The van der Waals surface area contributed by atoms with Crippen LogP contribution < -0.4 is 5.73 Å². The molecule has 10 heavy (non-hydrogen) atoms. The van der Waals surface area contributed by atoms with E-state index in [4.69, 9.17) is 17.3 Å². The van der Waals surface area contributed by atoms with Crippen LogP contribution in [0.5, 0.6) is 0 Å². The highest BCUT2D eigenvalue weighted by atomic mass is 79.9. The van der Waals surface area contributed by atoms with Crippen LogP contribution in [0.1, 0.15) is 5.56 Å². The van der Waals surface area contributed by atoms with Crippen LogP contribution in [0.25, 0.3) is 0 Å². The van der Waals surface area contributed by atoms with E-state index in [-0.39, 0.29) is 0 Å². The number of alkyl halides is 1. The topological polar surface area (TPSA) is 26.0 Å². The molecular formula is C7H7BrClN. The smallest absolute Gasteiger partial charge is 0.0429 e. The van der Waals surface area contributed by atoms with Gasteiger partial charge in [-0.25, -0.2) is 0 Å². The van der Waals surface area contributed by atoms with Crippen LogP contribution in [0.4, 0.5) is 5.69 Å². The van der Waals surface area contributed by atoms with E-state index in [9.17, 15) is 0 Å². The minimum Gasteiger partial charge on any atom is -0.399 e. The van der Waals surface area contributed by atoms with Crippen LogP contribution in [0.3, 0.4) is 0 Å². The number of halogens is 2. The van der Waals surface area contributed by atoms with Gasteiger partial charge in [0.25, 0.3) is 0 Å². The Kier molecular flexibility index (Phi) is 2.57. The molecule has 0 aromatic heterocycles. The van der Waals surface area contributed by atoms with Crippen LogP contribution in [0, 0.1) is 0 Å². The van der Waals surface area contributed by atoms with Gasteiger partial charge in [0.2, 0.25) is 0 Å². The van der Waals surface area contributed by atoms with Gasteiger partial charge in [0.15, 0.2) is 0 Å². The molecule has 0 unspecified atom stereocenters. The van der Waals surface area contributed by atoms with Crippen molar-refractivity contribution >= 4 is 33.2 Å². The van der Waals surface area contributed by atoms with Gasteiger partial charge in [0.05, 0.1) is 0 Å². The van der Waals surface area contributed by atoms with E-state index in [1.807, 2.05) is 12.1 Å². The Morgan fingerprint density at radius 3 is 2.60 bits per heavy atom. The lowest BCUT2D eigenvalue weighted by atomic mass is 10.2. The number of nitrogens with two attached hydrogens (primary N) is 1. The minimum atomic E-state index is 0.689. The quantitative estimate of drug-likeness (QED) is 0.572. The van der Waals surface area contributed by atoms with E-state index in [1.165, 1.54) is 0 Å². The number of anilines is 1. The normalized spacial score (nSPS) is 9.80. The summed E-state index contributed by atoms with van der Waals surface area (Å²) in [6.07, 6.45) is 0. The largest absolute Gasteiger partial charge is 0.399 e. The molecule has 0 radical (unpaired) electrons. The Morgan fingerprint density at radius 1 is 1.40 bits per heavy atom. The lowest BCUT2D eigenvalue weighted by Crippen LogP contribution is -1.86. The van der Waals surface area contributed by atoms with Gasteiger partial charge in [-0.1, -0.05) is 27.5 Å². The molecule has 54 valence electrons. The standard InChI is InChI=1S/C7H7BrClN/c8-4-5-1-6(9)3-7(10)2-5/h1-3H,4,10H2. The van der Waals surface area contributed by atoms with Crippen LogP contribution in [0.2, 0.25) is 5.02 Å². The summed E-state index contributed by atoms with van der Waals surface area (Å²) in [5.74, 6) is 0. The van der Waals surface area contributed by atoms with Crippen LogP contribution >= 0.6 is 27.5 Å². The third-order valence-corrected chi connectivity index (χ3v) is 2.00. The molecule has 0 saturated heterocycles. The highest BCUT2D eigenvalue weighted by Crippen LogP contribution is 2.17. The summed E-state index contributed by atoms with van der Waals surface area (Å²) in [4.78, 5) is 0. The van der Waals surface area contributed by atoms with Crippen molar-refractivity contribution in [1.82, 2.24) is 0 Å². The molecule has 0 aliphatic rings. The zero-order valence-corrected chi connectivity index (χ0v) is 7.61. The van der Waals surface area contributed by atoms with Crippen LogP contribution in [0.15, 0.2) is 18.2 Å². The molecule has 1 aromatic carbocycles. The molecule has 2 N–H and O–H groups in total. The Hall–Kier alpha value is -0.210. The third-order valence-electron chi connectivity index (χ3n) is 1.13. The maximum Gasteiger partial charge on any atom is 0.0429 e. The monoisotopic (exact) mass is 219 g/mol. The number of rotatable bonds is 1. The summed E-state index contributed by atoms with van der Waals surface area (Å²) in [6.45, 7) is 0. The molecule has 0 aliphatic carbocycles. The van der Waals surface area contributed by atoms with Gasteiger partial charge in [-0.05, 0) is 23.8 Å². The van der Waals surface area contributed by atoms with Crippen molar-refractivity contribution in [3.63, 3.8) is 0 Å². The molecule has 0 aliphatic heterocycles. The lowest BCUT2D eigenvalue weighted by Gasteiger charge is -1.98. The number of benzene rings is 1. The molecule has 1 aromatic rings. The zero-order chi connectivity index (χ0) is 7.56. The van der Waals surface area contributed by atoms with Crippen molar-refractivity contribution in [1.29, 1.82) is 0 Å². The molecule has 0 spiro atoms. The first-order chi connectivity index (χ1) is 4.72. The van der Waals surface area contributed by atoms with E-state index >= 15 is 0 Å². The Labute approximate surface area is 73.3 Å². The number of hydrogen-bond donors (Lipinski definition) is 1. The minimum absolute atomic E-state index is 0.689. The molecule has 1 nitrogen and oxygen atoms in total. The fraction of sp³-hybridized carbons (Fsp3) is 0.143. The first kappa shape index (κ1) is 7.89. The second kappa shape index (κ2) is 3.26. The van der Waals surface area contributed by atoms with Crippen molar-refractivity contribution in [2.45, 2.75) is 5.33 Å². The van der Waals surface area contributed by atoms with Crippen molar-refractivity contribution < 1.29 is 0 Å². The number of hydrogen-bond acceptors (Lipinski definition) is 1. The summed E-state index contributed by atoms with van der Waals surface area (Å²) in [6, 6.07) is 5.50. The molecule has 0 amide bonds. The van der Waals surface area contributed by atoms with E-state index in [0.717, 1.165) is 10.9 Å². The van der Waals surface area contributed by atoms with Crippen LogP contribution in [-0.4, -0.2) is 0 Å². The molecular weight excluding hydrogens is 213 g/mol. The molecule has 3 heteroatoms. The van der Waals surface area contributed by atoms with Gasteiger partial charge in [-0.3, -0.25) is 0 Å². The van der Waals surface area contributed by atoms with E-state index in [1.54, 1.807) is 6.07 Å². The predicted octanol–water partition coefficient (Wildman–Crippen LogP) is 2.82. The average Bonchev–Trinajstić information content (AvgIpc) is 1.85. The van der Waals surface area contributed by atoms with E-state index in [0.29, 0.717) is 10.7 Å². The second-order valence-electron chi connectivity index (χ2n) is 2.03. The van der Waals surface area contributed by atoms with Crippen molar-refractivity contribution in [2.75, 3.05) is 5.73 Å². The maximum absolute atomic E-state index is 5.73. The Balaban J connectivity index is 3.06. The number of nitrogen functional groups attached to an aromatic ring is 1. The first-order valence-corrected chi connectivity index (χ1v) is 4.33. The fourth-order valence-corrected chi connectivity index (χ4v) is 1.34. The second-order valence-corrected chi connectivity index (χ2v) is 3.02. The van der Waals surface area contributed by atoms with Crippen LogP contribution in [-0.2, 0) is 5.33 Å². The Bertz CT molecular complexity index is 217. The summed E-state index contributed by atoms with van der Waals surface area (Å²) in [5, 5.41) is 1.48. The van der Waals surface area contributed by atoms with Crippen molar-refractivity contribution in [3.05, 3.63) is 28.8 Å². The summed E-state index contributed by atoms with van der Waals surface area (Å²) in [7, 11) is 0. The average molecular weight is 220 g/mol. The molecule has 0 saturated carbocycles. The summed E-state index contributed by atoms with van der Waals surface area (Å²) in [5.41, 5.74) is 7.34. The van der Waals surface area contributed by atoms with Gasteiger partial charge in [0.1, 0.15) is 0 Å². The lowest BCUT2D eigenvalue weighted by molar-refractivity contribution is 1.44. The SMILES string of the molecule is Nc1cc(Cl)cc(CBr)c1. The fourth-order valence-electron chi connectivity index (χ4n) is 0.753. The summed E-state index contributed by atoms with van der Waals surface area (Å²) >= 11 is 9.04. The zero-order valence-electron chi connectivity index (χ0n) is 5.27. The molecule has 0 heterocycles. The van der Waals surface area contributed by atoms with Gasteiger partial charge < -0.3 is 5.73 Å². The molecule has 0 atom stereocenters. The Morgan fingerprint density at radius 2 is 2.10 bits per heavy atom. The first-order valence-electron chi connectivity index (χ1n) is 2.83. The van der Waals surface area contributed by atoms with Crippen molar-refractivity contribution in [3.8, 4) is 0 Å².